The monoisotopic (exact) mass is 341 g/mol. The quantitative estimate of drug-likeness (QED) is 0.723. The van der Waals surface area contributed by atoms with E-state index in [1.165, 1.54) is 5.56 Å². The number of carbonyl (C=O) groups is 1. The molecule has 0 unspecified atom stereocenters. The SMILES string of the molecule is CCc1cccc(C)c1Nc1nccc(C(=O)NCCCN(C)C)n1. The second kappa shape index (κ2) is 9.13. The van der Waals surface area contributed by atoms with E-state index >= 15 is 0 Å². The fraction of sp³-hybridized carbons (Fsp3) is 0.421. The molecule has 1 aromatic carbocycles. The lowest BCUT2D eigenvalue weighted by atomic mass is 10.1. The van der Waals surface area contributed by atoms with E-state index < -0.39 is 0 Å². The minimum Gasteiger partial charge on any atom is -0.351 e. The van der Waals surface area contributed by atoms with Crippen molar-refractivity contribution < 1.29 is 4.79 Å². The number of nitrogens with zero attached hydrogens (tertiary/aromatic N) is 3. The third-order valence-electron chi connectivity index (χ3n) is 3.93. The number of aryl methyl sites for hydroxylation is 2. The Morgan fingerprint density at radius 2 is 2.04 bits per heavy atom. The zero-order valence-corrected chi connectivity index (χ0v) is 15.5. The molecule has 0 fully saturated rings. The minimum atomic E-state index is -0.176. The molecule has 2 rings (SSSR count). The highest BCUT2D eigenvalue weighted by molar-refractivity contribution is 5.92. The number of benzene rings is 1. The van der Waals surface area contributed by atoms with Gasteiger partial charge in [0.05, 0.1) is 0 Å². The lowest BCUT2D eigenvalue weighted by molar-refractivity contribution is 0.0947. The summed E-state index contributed by atoms with van der Waals surface area (Å²) >= 11 is 0. The van der Waals surface area contributed by atoms with Gasteiger partial charge in [-0.25, -0.2) is 9.97 Å². The molecular formula is C19H27N5O. The molecule has 1 amide bonds. The van der Waals surface area contributed by atoms with Gasteiger partial charge >= 0.3 is 0 Å². The summed E-state index contributed by atoms with van der Waals surface area (Å²) in [5.41, 5.74) is 3.70. The Morgan fingerprint density at radius 1 is 1.24 bits per heavy atom. The van der Waals surface area contributed by atoms with Crippen LogP contribution in [0.5, 0.6) is 0 Å². The van der Waals surface area contributed by atoms with Gasteiger partial charge < -0.3 is 15.5 Å². The predicted molar refractivity (Wildman–Crippen MR) is 101 cm³/mol. The van der Waals surface area contributed by atoms with E-state index in [4.69, 9.17) is 0 Å². The van der Waals surface area contributed by atoms with Crippen LogP contribution >= 0.6 is 0 Å². The third kappa shape index (κ3) is 5.53. The van der Waals surface area contributed by atoms with Crippen molar-refractivity contribution >= 4 is 17.5 Å². The molecule has 2 N–H and O–H groups in total. The zero-order chi connectivity index (χ0) is 18.2. The molecule has 1 heterocycles. The van der Waals surface area contributed by atoms with Crippen LogP contribution in [0.25, 0.3) is 0 Å². The summed E-state index contributed by atoms with van der Waals surface area (Å²) in [6.07, 6.45) is 3.42. The lowest BCUT2D eigenvalue weighted by Gasteiger charge is -2.13. The maximum Gasteiger partial charge on any atom is 0.270 e. The summed E-state index contributed by atoms with van der Waals surface area (Å²) < 4.78 is 0. The van der Waals surface area contributed by atoms with Crippen LogP contribution in [-0.2, 0) is 6.42 Å². The molecule has 25 heavy (non-hydrogen) atoms. The Balaban J connectivity index is 2.05. The van der Waals surface area contributed by atoms with Crippen molar-refractivity contribution in [3.63, 3.8) is 0 Å². The number of anilines is 2. The number of nitrogens with one attached hydrogen (secondary N) is 2. The molecule has 0 radical (unpaired) electrons. The lowest BCUT2D eigenvalue weighted by Crippen LogP contribution is -2.28. The van der Waals surface area contributed by atoms with Gasteiger partial charge in [-0.3, -0.25) is 4.79 Å². The number of hydrogen-bond acceptors (Lipinski definition) is 5. The number of aromatic nitrogens is 2. The molecule has 6 heteroatoms. The van der Waals surface area contributed by atoms with E-state index in [1.54, 1.807) is 12.3 Å². The Kier molecular flexibility index (Phi) is 6.89. The summed E-state index contributed by atoms with van der Waals surface area (Å²) in [6.45, 7) is 5.71. The highest BCUT2D eigenvalue weighted by Gasteiger charge is 2.10. The number of rotatable bonds is 8. The van der Waals surface area contributed by atoms with Gasteiger partial charge in [-0.2, -0.15) is 0 Å². The molecule has 0 spiro atoms. The Hall–Kier alpha value is -2.47. The van der Waals surface area contributed by atoms with Crippen LogP contribution in [-0.4, -0.2) is 48.0 Å². The van der Waals surface area contributed by atoms with Gasteiger partial charge in [0.2, 0.25) is 5.95 Å². The molecule has 0 aliphatic carbocycles. The first-order valence-corrected chi connectivity index (χ1v) is 8.62. The molecule has 0 atom stereocenters. The predicted octanol–water partition coefficient (Wildman–Crippen LogP) is 2.77. The topological polar surface area (TPSA) is 70.2 Å². The second-order valence-electron chi connectivity index (χ2n) is 6.27. The van der Waals surface area contributed by atoms with Crippen molar-refractivity contribution in [2.24, 2.45) is 0 Å². The average Bonchev–Trinajstić information content (AvgIpc) is 2.60. The van der Waals surface area contributed by atoms with E-state index in [9.17, 15) is 4.79 Å². The summed E-state index contributed by atoms with van der Waals surface area (Å²) in [6, 6.07) is 7.79. The molecule has 2 aromatic rings. The Labute approximate surface area is 149 Å². The van der Waals surface area contributed by atoms with Gasteiger partial charge in [0.15, 0.2) is 0 Å². The van der Waals surface area contributed by atoms with Crippen LogP contribution in [0.1, 0.15) is 35.0 Å². The standard InChI is InChI=1S/C19H27N5O/c1-5-15-9-6-8-14(2)17(15)23-19-21-12-10-16(22-19)18(25)20-11-7-13-24(3)4/h6,8-10,12H,5,7,11,13H2,1-4H3,(H,20,25)(H,21,22,23). The van der Waals surface area contributed by atoms with E-state index in [0.717, 1.165) is 30.6 Å². The highest BCUT2D eigenvalue weighted by Crippen LogP contribution is 2.23. The van der Waals surface area contributed by atoms with Crippen molar-refractivity contribution in [1.29, 1.82) is 0 Å². The van der Waals surface area contributed by atoms with Crippen LogP contribution in [0.3, 0.4) is 0 Å². The summed E-state index contributed by atoms with van der Waals surface area (Å²) in [5.74, 6) is 0.259. The number of para-hydroxylation sites is 1. The van der Waals surface area contributed by atoms with Gasteiger partial charge in [0.25, 0.3) is 5.91 Å². The fourth-order valence-corrected chi connectivity index (χ4v) is 2.55. The Bertz CT molecular complexity index is 715. The van der Waals surface area contributed by atoms with Crippen molar-refractivity contribution in [3.05, 3.63) is 47.3 Å². The molecule has 0 bridgehead atoms. The largest absolute Gasteiger partial charge is 0.351 e. The maximum atomic E-state index is 12.2. The maximum absolute atomic E-state index is 12.2. The molecule has 0 saturated carbocycles. The van der Waals surface area contributed by atoms with Crippen LogP contribution in [0.2, 0.25) is 0 Å². The molecule has 6 nitrogen and oxygen atoms in total. The summed E-state index contributed by atoms with van der Waals surface area (Å²) in [4.78, 5) is 22.9. The fourth-order valence-electron chi connectivity index (χ4n) is 2.55. The van der Waals surface area contributed by atoms with Crippen molar-refractivity contribution in [2.45, 2.75) is 26.7 Å². The average molecular weight is 341 g/mol. The van der Waals surface area contributed by atoms with E-state index in [-0.39, 0.29) is 5.91 Å². The second-order valence-corrected chi connectivity index (χ2v) is 6.27. The molecule has 0 aliphatic rings. The first kappa shape index (κ1) is 18.9. The van der Waals surface area contributed by atoms with E-state index in [1.807, 2.05) is 33.2 Å². The smallest absolute Gasteiger partial charge is 0.270 e. The third-order valence-corrected chi connectivity index (χ3v) is 3.93. The van der Waals surface area contributed by atoms with Crippen molar-refractivity contribution in [1.82, 2.24) is 20.2 Å². The van der Waals surface area contributed by atoms with Crippen molar-refractivity contribution in [2.75, 3.05) is 32.5 Å². The molecule has 134 valence electrons. The molecule has 0 saturated heterocycles. The zero-order valence-electron chi connectivity index (χ0n) is 15.5. The van der Waals surface area contributed by atoms with Crippen LogP contribution in [0.15, 0.2) is 30.5 Å². The number of amides is 1. The van der Waals surface area contributed by atoms with Gasteiger partial charge in [-0.1, -0.05) is 25.1 Å². The van der Waals surface area contributed by atoms with Crippen LogP contribution in [0, 0.1) is 6.92 Å². The van der Waals surface area contributed by atoms with Gasteiger partial charge in [0.1, 0.15) is 5.69 Å². The number of carbonyl (C=O) groups excluding carboxylic acids is 1. The van der Waals surface area contributed by atoms with Crippen LogP contribution < -0.4 is 10.6 Å². The normalized spacial score (nSPS) is 10.8. The summed E-state index contributed by atoms with van der Waals surface area (Å²) in [5, 5.41) is 6.16. The van der Waals surface area contributed by atoms with E-state index in [2.05, 4.69) is 38.5 Å². The minimum absolute atomic E-state index is 0.176. The Morgan fingerprint density at radius 3 is 2.76 bits per heavy atom. The summed E-state index contributed by atoms with van der Waals surface area (Å²) in [7, 11) is 4.03. The first-order chi connectivity index (χ1) is 12.0. The van der Waals surface area contributed by atoms with E-state index in [0.29, 0.717) is 18.2 Å². The molecule has 0 aliphatic heterocycles. The van der Waals surface area contributed by atoms with Gasteiger partial charge in [-0.05, 0) is 57.6 Å². The molecular weight excluding hydrogens is 314 g/mol. The molecule has 1 aromatic heterocycles. The van der Waals surface area contributed by atoms with Crippen LogP contribution in [0.4, 0.5) is 11.6 Å². The highest BCUT2D eigenvalue weighted by atomic mass is 16.1. The van der Waals surface area contributed by atoms with Gasteiger partial charge in [0, 0.05) is 18.4 Å². The number of hydrogen-bond donors (Lipinski definition) is 2. The van der Waals surface area contributed by atoms with Gasteiger partial charge in [-0.15, -0.1) is 0 Å². The van der Waals surface area contributed by atoms with Crippen molar-refractivity contribution in [3.8, 4) is 0 Å². The first-order valence-electron chi connectivity index (χ1n) is 8.62.